The average molecular weight is 205 g/mol. The Balaban J connectivity index is 2.16. The maximum absolute atomic E-state index is 8.86. The molecule has 0 aromatic carbocycles. The molecule has 0 radical (unpaired) electrons. The van der Waals surface area contributed by atoms with E-state index >= 15 is 0 Å². The summed E-state index contributed by atoms with van der Waals surface area (Å²) in [6.07, 6.45) is 1.58. The lowest BCUT2D eigenvalue weighted by atomic mass is 10.4. The number of anilines is 2. The minimum atomic E-state index is -0.172. The third-order valence-electron chi connectivity index (χ3n) is 1.81. The van der Waals surface area contributed by atoms with Gasteiger partial charge < -0.3 is 10.4 Å². The molecule has 3 N–H and O–H groups in total. The van der Waals surface area contributed by atoms with Gasteiger partial charge in [0.1, 0.15) is 12.4 Å². The highest BCUT2D eigenvalue weighted by Gasteiger charge is 2.00. The normalized spacial score (nSPS) is 10.3. The highest BCUT2D eigenvalue weighted by atomic mass is 16.3. The van der Waals surface area contributed by atoms with Crippen molar-refractivity contribution in [2.24, 2.45) is 0 Å². The Morgan fingerprint density at radius 1 is 1.47 bits per heavy atom. The Bertz CT molecular complexity index is 453. The number of hydrogen-bond acceptors (Lipinski definition) is 5. The summed E-state index contributed by atoms with van der Waals surface area (Å²) in [5.74, 6) is 1.68. The molecular weight excluding hydrogens is 194 g/mol. The summed E-state index contributed by atoms with van der Waals surface area (Å²) >= 11 is 0. The number of aliphatic hydroxyl groups excluding tert-OH is 1. The molecule has 78 valence electrons. The first kappa shape index (κ1) is 9.60. The average Bonchev–Trinajstić information content (AvgIpc) is 2.64. The summed E-state index contributed by atoms with van der Waals surface area (Å²) < 4.78 is 0. The molecule has 0 aliphatic carbocycles. The molecule has 0 unspecified atom stereocenters. The van der Waals surface area contributed by atoms with Gasteiger partial charge in [-0.3, -0.25) is 5.10 Å². The predicted octanol–water partition coefficient (Wildman–Crippen LogP) is 0.744. The second kappa shape index (κ2) is 4.05. The number of aryl methyl sites for hydroxylation is 1. The molecule has 0 saturated heterocycles. The van der Waals surface area contributed by atoms with Crippen molar-refractivity contribution in [3.63, 3.8) is 0 Å². The molecule has 2 aromatic heterocycles. The van der Waals surface area contributed by atoms with E-state index in [4.69, 9.17) is 5.11 Å². The van der Waals surface area contributed by atoms with Gasteiger partial charge >= 0.3 is 0 Å². The van der Waals surface area contributed by atoms with E-state index in [0.29, 0.717) is 17.5 Å². The number of rotatable bonds is 3. The van der Waals surface area contributed by atoms with Crippen LogP contribution in [0.1, 0.15) is 11.5 Å². The minimum Gasteiger partial charge on any atom is -0.388 e. The SMILES string of the molecule is Cc1cc(Nc2ccnc(CO)n2)n[nH]1. The number of nitrogens with one attached hydrogen (secondary N) is 2. The quantitative estimate of drug-likeness (QED) is 0.688. The molecule has 0 amide bonds. The van der Waals surface area contributed by atoms with E-state index in [0.717, 1.165) is 5.69 Å². The Kier molecular flexibility index (Phi) is 2.59. The predicted molar refractivity (Wildman–Crippen MR) is 54.6 cm³/mol. The van der Waals surface area contributed by atoms with Gasteiger partial charge in [-0.05, 0) is 13.0 Å². The topological polar surface area (TPSA) is 86.7 Å². The van der Waals surface area contributed by atoms with Crippen LogP contribution in [-0.4, -0.2) is 25.3 Å². The summed E-state index contributed by atoms with van der Waals surface area (Å²) in [6, 6.07) is 3.57. The molecule has 2 rings (SSSR count). The Hall–Kier alpha value is -1.95. The number of hydrogen-bond donors (Lipinski definition) is 3. The van der Waals surface area contributed by atoms with Crippen molar-refractivity contribution in [1.82, 2.24) is 20.2 Å². The van der Waals surface area contributed by atoms with Gasteiger partial charge in [0.2, 0.25) is 0 Å². The first-order valence-corrected chi connectivity index (χ1v) is 4.50. The van der Waals surface area contributed by atoms with Crippen molar-refractivity contribution in [1.29, 1.82) is 0 Å². The molecule has 0 bridgehead atoms. The van der Waals surface area contributed by atoms with Crippen molar-refractivity contribution < 1.29 is 5.11 Å². The molecule has 0 fully saturated rings. The summed E-state index contributed by atoms with van der Waals surface area (Å²) in [5.41, 5.74) is 0.967. The number of aliphatic hydroxyl groups is 1. The van der Waals surface area contributed by atoms with Crippen molar-refractivity contribution in [3.8, 4) is 0 Å². The Labute approximate surface area is 86.4 Å². The van der Waals surface area contributed by atoms with E-state index in [2.05, 4.69) is 25.5 Å². The van der Waals surface area contributed by atoms with Gasteiger partial charge in [0.05, 0.1) is 0 Å². The maximum Gasteiger partial charge on any atom is 0.156 e. The number of aromatic nitrogens is 4. The molecule has 2 aromatic rings. The third kappa shape index (κ3) is 2.29. The van der Waals surface area contributed by atoms with Gasteiger partial charge in [-0.25, -0.2) is 9.97 Å². The first-order valence-electron chi connectivity index (χ1n) is 4.50. The largest absolute Gasteiger partial charge is 0.388 e. The van der Waals surface area contributed by atoms with Crippen LogP contribution in [0.5, 0.6) is 0 Å². The van der Waals surface area contributed by atoms with Gasteiger partial charge in [-0.15, -0.1) is 0 Å². The fraction of sp³-hybridized carbons (Fsp3) is 0.222. The van der Waals surface area contributed by atoms with Crippen LogP contribution in [0.2, 0.25) is 0 Å². The monoisotopic (exact) mass is 205 g/mol. The highest BCUT2D eigenvalue weighted by molar-refractivity contribution is 5.50. The van der Waals surface area contributed by atoms with Crippen LogP contribution < -0.4 is 5.32 Å². The first-order chi connectivity index (χ1) is 7.28. The van der Waals surface area contributed by atoms with Gasteiger partial charge in [-0.1, -0.05) is 0 Å². The van der Waals surface area contributed by atoms with Gasteiger partial charge in [0.25, 0.3) is 0 Å². The standard InChI is InChI=1S/C9H11N5O/c1-6-4-8(14-13-6)11-7-2-3-10-9(5-15)12-7/h2-4,15H,5H2,1H3,(H2,10,11,12,13,14). The van der Waals surface area contributed by atoms with Crippen LogP contribution >= 0.6 is 0 Å². The third-order valence-corrected chi connectivity index (χ3v) is 1.81. The molecule has 15 heavy (non-hydrogen) atoms. The number of nitrogens with zero attached hydrogens (tertiary/aromatic N) is 3. The van der Waals surface area contributed by atoms with Crippen LogP contribution in [0.4, 0.5) is 11.6 Å². The van der Waals surface area contributed by atoms with Crippen LogP contribution in [0.3, 0.4) is 0 Å². The van der Waals surface area contributed by atoms with E-state index in [1.807, 2.05) is 13.0 Å². The van der Waals surface area contributed by atoms with Gasteiger partial charge in [-0.2, -0.15) is 5.10 Å². The van der Waals surface area contributed by atoms with Crippen LogP contribution in [0, 0.1) is 6.92 Å². The fourth-order valence-corrected chi connectivity index (χ4v) is 1.16. The molecular formula is C9H11N5O. The highest BCUT2D eigenvalue weighted by Crippen LogP contribution is 2.11. The lowest BCUT2D eigenvalue weighted by Gasteiger charge is -2.01. The molecule has 6 nitrogen and oxygen atoms in total. The maximum atomic E-state index is 8.86. The minimum absolute atomic E-state index is 0.172. The number of aromatic amines is 1. The zero-order chi connectivity index (χ0) is 10.7. The lowest BCUT2D eigenvalue weighted by molar-refractivity contribution is 0.271. The van der Waals surface area contributed by atoms with Crippen LogP contribution in [0.15, 0.2) is 18.3 Å². The molecule has 0 atom stereocenters. The summed E-state index contributed by atoms with van der Waals surface area (Å²) in [7, 11) is 0. The number of H-pyrrole nitrogens is 1. The summed E-state index contributed by atoms with van der Waals surface area (Å²) in [6.45, 7) is 1.74. The van der Waals surface area contributed by atoms with Crippen molar-refractivity contribution in [3.05, 3.63) is 29.8 Å². The van der Waals surface area contributed by atoms with Crippen LogP contribution in [0.25, 0.3) is 0 Å². The van der Waals surface area contributed by atoms with Crippen molar-refractivity contribution in [2.75, 3.05) is 5.32 Å². The molecule has 0 aliphatic rings. The summed E-state index contributed by atoms with van der Waals surface area (Å²) in [4.78, 5) is 7.95. The van der Waals surface area contributed by atoms with Crippen molar-refractivity contribution >= 4 is 11.6 Å². The second-order valence-corrected chi connectivity index (χ2v) is 3.08. The van der Waals surface area contributed by atoms with E-state index in [1.165, 1.54) is 0 Å². The van der Waals surface area contributed by atoms with E-state index < -0.39 is 0 Å². The van der Waals surface area contributed by atoms with Crippen molar-refractivity contribution in [2.45, 2.75) is 13.5 Å². The zero-order valence-corrected chi connectivity index (χ0v) is 8.23. The van der Waals surface area contributed by atoms with Gasteiger partial charge in [0, 0.05) is 18.0 Å². The van der Waals surface area contributed by atoms with E-state index in [1.54, 1.807) is 12.3 Å². The molecule has 0 aliphatic heterocycles. The molecule has 0 spiro atoms. The fourth-order valence-electron chi connectivity index (χ4n) is 1.16. The summed E-state index contributed by atoms with van der Waals surface area (Å²) in [5, 5.41) is 18.7. The van der Waals surface area contributed by atoms with E-state index in [-0.39, 0.29) is 6.61 Å². The van der Waals surface area contributed by atoms with Crippen LogP contribution in [-0.2, 0) is 6.61 Å². The second-order valence-electron chi connectivity index (χ2n) is 3.08. The smallest absolute Gasteiger partial charge is 0.156 e. The zero-order valence-electron chi connectivity index (χ0n) is 8.23. The van der Waals surface area contributed by atoms with Gasteiger partial charge in [0.15, 0.2) is 11.6 Å². The Morgan fingerprint density at radius 3 is 3.00 bits per heavy atom. The molecule has 2 heterocycles. The van der Waals surface area contributed by atoms with E-state index in [9.17, 15) is 0 Å². The molecule has 0 saturated carbocycles. The lowest BCUT2D eigenvalue weighted by Crippen LogP contribution is -1.99. The Morgan fingerprint density at radius 2 is 2.33 bits per heavy atom. The molecule has 6 heteroatoms.